The van der Waals surface area contributed by atoms with E-state index < -0.39 is 5.82 Å². The van der Waals surface area contributed by atoms with Gasteiger partial charge in [-0.25, -0.2) is 14.4 Å². The summed E-state index contributed by atoms with van der Waals surface area (Å²) in [6.07, 6.45) is 4.16. The van der Waals surface area contributed by atoms with Gasteiger partial charge >= 0.3 is 6.01 Å². The zero-order chi connectivity index (χ0) is 18.5. The number of phenolic OH excluding ortho intramolecular Hbond substituents is 1. The van der Waals surface area contributed by atoms with Crippen molar-refractivity contribution in [2.75, 3.05) is 25.1 Å². The Morgan fingerprint density at radius 2 is 2.04 bits per heavy atom. The van der Waals surface area contributed by atoms with Crippen molar-refractivity contribution in [3.63, 3.8) is 0 Å². The first-order valence-electron chi connectivity index (χ1n) is 8.47. The number of aromatic amines is 1. The quantitative estimate of drug-likeness (QED) is 0.575. The molecule has 9 heteroatoms. The van der Waals surface area contributed by atoms with E-state index in [0.717, 1.165) is 19.5 Å². The highest BCUT2D eigenvalue weighted by atomic mass is 19.1. The number of phenols is 1. The fraction of sp³-hybridized carbons (Fsp3) is 0.222. The van der Waals surface area contributed by atoms with Crippen molar-refractivity contribution in [3.8, 4) is 23.0 Å². The van der Waals surface area contributed by atoms with Gasteiger partial charge in [-0.2, -0.15) is 10.1 Å². The number of hydrogen-bond acceptors (Lipinski definition) is 7. The summed E-state index contributed by atoms with van der Waals surface area (Å²) in [6.45, 7) is 1.67. The van der Waals surface area contributed by atoms with Gasteiger partial charge in [0.1, 0.15) is 22.8 Å². The number of hydrogen-bond donors (Lipinski definition) is 2. The van der Waals surface area contributed by atoms with Crippen molar-refractivity contribution in [1.29, 1.82) is 0 Å². The standard InChI is InChI=1S/C18H15FN6O2/c1-27-18-20-7-12-16(23-18)14(19)15(22-17(12)25-3-2-4-25)10-5-9(26)6-13-11(10)8-21-24-13/h5-8,26H,2-4H2,1H3,(H,21,24). The van der Waals surface area contributed by atoms with Gasteiger partial charge in [0.25, 0.3) is 0 Å². The van der Waals surface area contributed by atoms with Crippen LogP contribution in [0.1, 0.15) is 6.42 Å². The number of methoxy groups -OCH3 is 1. The normalized spacial score (nSPS) is 13.9. The van der Waals surface area contributed by atoms with E-state index in [1.54, 1.807) is 6.20 Å². The summed E-state index contributed by atoms with van der Waals surface area (Å²) >= 11 is 0. The molecule has 5 rings (SSSR count). The monoisotopic (exact) mass is 366 g/mol. The molecule has 4 aromatic rings. The molecule has 27 heavy (non-hydrogen) atoms. The number of H-pyrrole nitrogens is 1. The van der Waals surface area contributed by atoms with Gasteiger partial charge < -0.3 is 14.7 Å². The minimum atomic E-state index is -0.594. The van der Waals surface area contributed by atoms with Crippen molar-refractivity contribution < 1.29 is 14.2 Å². The van der Waals surface area contributed by atoms with Crippen LogP contribution in [0.25, 0.3) is 33.1 Å². The second-order valence-electron chi connectivity index (χ2n) is 6.38. The maximum Gasteiger partial charge on any atom is 0.316 e. The van der Waals surface area contributed by atoms with Gasteiger partial charge in [0.2, 0.25) is 0 Å². The number of anilines is 1. The summed E-state index contributed by atoms with van der Waals surface area (Å²) in [6, 6.07) is 3.09. The van der Waals surface area contributed by atoms with E-state index in [9.17, 15) is 5.11 Å². The average Bonchev–Trinajstić information content (AvgIpc) is 3.09. The van der Waals surface area contributed by atoms with Crippen molar-refractivity contribution in [3.05, 3.63) is 30.3 Å². The summed E-state index contributed by atoms with van der Waals surface area (Å²) in [5, 5.41) is 18.0. The zero-order valence-corrected chi connectivity index (χ0v) is 14.4. The SMILES string of the molecule is COc1ncc2c(N3CCC3)nc(-c3cc(O)cc4[nH]ncc34)c(F)c2n1. The van der Waals surface area contributed by atoms with Gasteiger partial charge in [-0.1, -0.05) is 0 Å². The molecular weight excluding hydrogens is 351 g/mol. The molecular formula is C18H15FN6O2. The molecule has 1 fully saturated rings. The number of halogens is 1. The van der Waals surface area contributed by atoms with Gasteiger partial charge in [0.15, 0.2) is 5.82 Å². The van der Waals surface area contributed by atoms with Crippen LogP contribution >= 0.6 is 0 Å². The Labute approximate surface area is 152 Å². The first-order chi connectivity index (χ1) is 13.2. The number of pyridine rings is 1. The Morgan fingerprint density at radius 3 is 2.78 bits per heavy atom. The summed E-state index contributed by atoms with van der Waals surface area (Å²) in [7, 11) is 1.43. The van der Waals surface area contributed by atoms with E-state index >= 15 is 4.39 Å². The predicted molar refractivity (Wildman–Crippen MR) is 97.4 cm³/mol. The molecule has 0 saturated carbocycles. The molecule has 0 atom stereocenters. The molecule has 0 amide bonds. The molecule has 2 N–H and O–H groups in total. The highest BCUT2D eigenvalue weighted by Crippen LogP contribution is 2.38. The van der Waals surface area contributed by atoms with E-state index in [1.165, 1.54) is 25.4 Å². The number of benzene rings is 1. The van der Waals surface area contributed by atoms with Gasteiger partial charge in [-0.3, -0.25) is 5.10 Å². The van der Waals surface area contributed by atoms with Gasteiger partial charge in [-0.15, -0.1) is 0 Å². The number of fused-ring (bicyclic) bond motifs is 2. The molecule has 4 heterocycles. The maximum atomic E-state index is 15.5. The van der Waals surface area contributed by atoms with Crippen LogP contribution in [0.15, 0.2) is 24.5 Å². The van der Waals surface area contributed by atoms with Crippen LogP contribution in [0.2, 0.25) is 0 Å². The van der Waals surface area contributed by atoms with Gasteiger partial charge in [0.05, 0.1) is 24.2 Å². The molecule has 1 saturated heterocycles. The lowest BCUT2D eigenvalue weighted by atomic mass is 10.0. The smallest absolute Gasteiger partial charge is 0.316 e. The predicted octanol–water partition coefficient (Wildman–Crippen LogP) is 2.63. The molecule has 0 bridgehead atoms. The third-order valence-electron chi connectivity index (χ3n) is 4.78. The Kier molecular flexibility index (Phi) is 3.36. The largest absolute Gasteiger partial charge is 0.508 e. The Balaban J connectivity index is 1.86. The minimum Gasteiger partial charge on any atom is -0.508 e. The van der Waals surface area contributed by atoms with Crippen LogP contribution < -0.4 is 9.64 Å². The molecule has 0 radical (unpaired) electrons. The number of nitrogens with one attached hydrogen (secondary N) is 1. The van der Waals surface area contributed by atoms with E-state index in [1.807, 2.05) is 0 Å². The average molecular weight is 366 g/mol. The van der Waals surface area contributed by atoms with Crippen LogP contribution in [0.5, 0.6) is 11.8 Å². The molecule has 1 aliphatic rings. The molecule has 0 spiro atoms. The highest BCUT2D eigenvalue weighted by Gasteiger charge is 2.25. The van der Waals surface area contributed by atoms with Crippen LogP contribution in [0.4, 0.5) is 10.2 Å². The van der Waals surface area contributed by atoms with Crippen LogP contribution in [-0.4, -0.2) is 50.5 Å². The number of aromatic hydroxyl groups is 1. The lowest BCUT2D eigenvalue weighted by Crippen LogP contribution is -2.38. The second kappa shape index (κ2) is 5.76. The fourth-order valence-corrected chi connectivity index (χ4v) is 3.30. The van der Waals surface area contributed by atoms with E-state index in [2.05, 4.69) is 30.0 Å². The number of ether oxygens (including phenoxy) is 1. The third kappa shape index (κ3) is 2.35. The van der Waals surface area contributed by atoms with Crippen molar-refractivity contribution >= 4 is 27.6 Å². The van der Waals surface area contributed by atoms with Crippen LogP contribution in [-0.2, 0) is 0 Å². The van der Waals surface area contributed by atoms with Gasteiger partial charge in [-0.05, 0) is 12.5 Å². The van der Waals surface area contributed by atoms with Crippen molar-refractivity contribution in [2.45, 2.75) is 6.42 Å². The molecule has 1 aliphatic heterocycles. The number of rotatable bonds is 3. The summed E-state index contributed by atoms with van der Waals surface area (Å²) < 4.78 is 20.5. The topological polar surface area (TPSA) is 100 Å². The van der Waals surface area contributed by atoms with Crippen LogP contribution in [0, 0.1) is 5.82 Å². The second-order valence-corrected chi connectivity index (χ2v) is 6.38. The van der Waals surface area contributed by atoms with E-state index in [-0.39, 0.29) is 23.0 Å². The summed E-state index contributed by atoms with van der Waals surface area (Å²) in [4.78, 5) is 15.0. The lowest BCUT2D eigenvalue weighted by molar-refractivity contribution is 0.381. The first-order valence-corrected chi connectivity index (χ1v) is 8.47. The maximum absolute atomic E-state index is 15.5. The van der Waals surface area contributed by atoms with E-state index in [0.29, 0.717) is 27.7 Å². The Hall–Kier alpha value is -3.49. The van der Waals surface area contributed by atoms with Crippen molar-refractivity contribution in [2.24, 2.45) is 0 Å². The lowest BCUT2D eigenvalue weighted by Gasteiger charge is -2.33. The first kappa shape index (κ1) is 15.7. The van der Waals surface area contributed by atoms with Crippen LogP contribution in [0.3, 0.4) is 0 Å². The molecule has 3 aromatic heterocycles. The van der Waals surface area contributed by atoms with Gasteiger partial charge in [0, 0.05) is 36.3 Å². The molecule has 136 valence electrons. The number of aromatic nitrogens is 5. The molecule has 8 nitrogen and oxygen atoms in total. The molecule has 1 aromatic carbocycles. The molecule has 0 aliphatic carbocycles. The number of nitrogens with zero attached hydrogens (tertiary/aromatic N) is 5. The summed E-state index contributed by atoms with van der Waals surface area (Å²) in [5.41, 5.74) is 1.27. The van der Waals surface area contributed by atoms with Crippen molar-refractivity contribution in [1.82, 2.24) is 25.1 Å². The third-order valence-corrected chi connectivity index (χ3v) is 4.78. The highest BCUT2D eigenvalue weighted by molar-refractivity contribution is 5.99. The zero-order valence-electron chi connectivity index (χ0n) is 14.4. The Morgan fingerprint density at radius 1 is 1.19 bits per heavy atom. The summed E-state index contributed by atoms with van der Waals surface area (Å²) in [5.74, 6) is 0.0205. The fourth-order valence-electron chi connectivity index (χ4n) is 3.30. The minimum absolute atomic E-state index is 0.00573. The Bertz CT molecular complexity index is 1190. The van der Waals surface area contributed by atoms with E-state index in [4.69, 9.17) is 4.74 Å². The molecule has 0 unspecified atom stereocenters.